The molecule has 0 spiro atoms. The molecule has 3 aromatic rings. The fraction of sp³-hybridized carbons (Fsp3) is 0.292. The molecular weight excluding hydrogens is 410 g/mol. The number of hydrogen-bond acceptors (Lipinski definition) is 5. The highest BCUT2D eigenvalue weighted by atomic mass is 32.1. The largest absolute Gasteiger partial charge is 0.444 e. The number of carbonyl (C=O) groups excluding carboxylic acids is 2. The maximum Gasteiger partial charge on any atom is 0.412 e. The van der Waals surface area contributed by atoms with Crippen LogP contribution in [0.5, 0.6) is 0 Å². The maximum absolute atomic E-state index is 12.3. The monoisotopic (exact) mass is 435 g/mol. The van der Waals surface area contributed by atoms with Crippen LogP contribution in [0.1, 0.15) is 36.7 Å². The molecule has 31 heavy (non-hydrogen) atoms. The van der Waals surface area contributed by atoms with Crippen molar-refractivity contribution in [2.24, 2.45) is 0 Å². The highest BCUT2D eigenvalue weighted by molar-refractivity contribution is 7.18. The van der Waals surface area contributed by atoms with Crippen LogP contribution in [0.15, 0.2) is 48.8 Å². The van der Waals surface area contributed by atoms with E-state index in [1.807, 2.05) is 52.1 Å². The predicted molar refractivity (Wildman–Crippen MR) is 124 cm³/mol. The van der Waals surface area contributed by atoms with Crippen molar-refractivity contribution in [1.29, 1.82) is 0 Å². The van der Waals surface area contributed by atoms with Crippen LogP contribution in [0, 0.1) is 0 Å². The molecule has 7 heteroatoms. The first-order valence-corrected chi connectivity index (χ1v) is 11.0. The van der Waals surface area contributed by atoms with E-state index in [2.05, 4.69) is 22.4 Å². The quantitative estimate of drug-likeness (QED) is 0.594. The minimum absolute atomic E-state index is 0.0834. The van der Waals surface area contributed by atoms with Crippen LogP contribution in [-0.4, -0.2) is 41.1 Å². The Morgan fingerprint density at radius 3 is 2.58 bits per heavy atom. The molecule has 0 radical (unpaired) electrons. The number of nitrogens with zero attached hydrogens (tertiary/aromatic N) is 2. The Kier molecular flexibility index (Phi) is 5.54. The number of pyridine rings is 1. The normalized spacial score (nSPS) is 13.7. The van der Waals surface area contributed by atoms with Gasteiger partial charge in [-0.1, -0.05) is 6.07 Å². The number of aromatic nitrogens is 1. The van der Waals surface area contributed by atoms with E-state index in [-0.39, 0.29) is 5.91 Å². The first-order valence-electron chi connectivity index (χ1n) is 10.1. The van der Waals surface area contributed by atoms with Gasteiger partial charge in [0.1, 0.15) is 5.60 Å². The zero-order valence-corrected chi connectivity index (χ0v) is 18.9. The molecule has 1 aliphatic rings. The van der Waals surface area contributed by atoms with Gasteiger partial charge >= 0.3 is 6.09 Å². The molecule has 2 aromatic heterocycles. The van der Waals surface area contributed by atoms with E-state index in [0.29, 0.717) is 5.69 Å². The predicted octanol–water partition coefficient (Wildman–Crippen LogP) is 5.45. The average Bonchev–Trinajstić information content (AvgIpc) is 3.20. The van der Waals surface area contributed by atoms with Crippen LogP contribution >= 0.6 is 11.3 Å². The second-order valence-electron chi connectivity index (χ2n) is 8.60. The Balaban J connectivity index is 1.54. The van der Waals surface area contributed by atoms with Crippen molar-refractivity contribution < 1.29 is 14.3 Å². The van der Waals surface area contributed by atoms with Crippen molar-refractivity contribution in [3.63, 3.8) is 0 Å². The Hall–Kier alpha value is -3.19. The molecule has 0 aliphatic carbocycles. The molecule has 0 bridgehead atoms. The molecule has 1 aromatic carbocycles. The molecule has 4 rings (SSSR count). The fourth-order valence-electron chi connectivity index (χ4n) is 3.47. The van der Waals surface area contributed by atoms with Gasteiger partial charge in [-0.05, 0) is 68.7 Å². The number of rotatable bonds is 3. The SMILES string of the molecule is CN1CCc2cc(-c3ccc(-c4cncc(NC(=O)OC(C)(C)C)c4)s3)ccc2C1=O. The van der Waals surface area contributed by atoms with E-state index in [0.717, 1.165) is 45.0 Å². The lowest BCUT2D eigenvalue weighted by Crippen LogP contribution is -2.34. The number of amides is 2. The average molecular weight is 436 g/mol. The first kappa shape index (κ1) is 21.1. The molecule has 0 saturated heterocycles. The number of hydrogen-bond donors (Lipinski definition) is 1. The molecule has 2 amide bonds. The third kappa shape index (κ3) is 4.77. The molecule has 0 unspecified atom stereocenters. The van der Waals surface area contributed by atoms with E-state index >= 15 is 0 Å². The second-order valence-corrected chi connectivity index (χ2v) is 9.69. The summed E-state index contributed by atoms with van der Waals surface area (Å²) in [5, 5.41) is 2.73. The summed E-state index contributed by atoms with van der Waals surface area (Å²) >= 11 is 1.65. The fourth-order valence-corrected chi connectivity index (χ4v) is 4.45. The second kappa shape index (κ2) is 8.15. The topological polar surface area (TPSA) is 71.5 Å². The minimum atomic E-state index is -0.563. The van der Waals surface area contributed by atoms with E-state index in [9.17, 15) is 9.59 Å². The summed E-state index contributed by atoms with van der Waals surface area (Å²) in [6.07, 6.45) is 3.73. The van der Waals surface area contributed by atoms with Crippen LogP contribution in [0.25, 0.3) is 20.9 Å². The third-order valence-corrected chi connectivity index (χ3v) is 6.14. The molecule has 1 aliphatic heterocycles. The van der Waals surface area contributed by atoms with Gasteiger partial charge in [0.25, 0.3) is 5.91 Å². The van der Waals surface area contributed by atoms with Gasteiger partial charge in [-0.2, -0.15) is 0 Å². The van der Waals surface area contributed by atoms with Gasteiger partial charge in [-0.3, -0.25) is 15.1 Å². The minimum Gasteiger partial charge on any atom is -0.444 e. The Morgan fingerprint density at radius 2 is 1.84 bits per heavy atom. The number of likely N-dealkylation sites (N-methyl/N-ethyl adjacent to an activating group) is 1. The van der Waals surface area contributed by atoms with Crippen LogP contribution in [0.4, 0.5) is 10.5 Å². The Labute approximate surface area is 185 Å². The van der Waals surface area contributed by atoms with Crippen molar-refractivity contribution in [2.75, 3.05) is 18.9 Å². The van der Waals surface area contributed by atoms with Crippen LogP contribution in [0.3, 0.4) is 0 Å². The lowest BCUT2D eigenvalue weighted by molar-refractivity contribution is 0.0635. The van der Waals surface area contributed by atoms with Gasteiger partial charge < -0.3 is 9.64 Å². The number of nitrogens with one attached hydrogen (secondary N) is 1. The van der Waals surface area contributed by atoms with Crippen LogP contribution in [0.2, 0.25) is 0 Å². The molecule has 0 atom stereocenters. The molecule has 6 nitrogen and oxygen atoms in total. The summed E-state index contributed by atoms with van der Waals surface area (Å²) in [5.74, 6) is 0.0834. The van der Waals surface area contributed by atoms with Gasteiger partial charge in [0.05, 0.1) is 11.9 Å². The van der Waals surface area contributed by atoms with E-state index in [4.69, 9.17) is 4.74 Å². The van der Waals surface area contributed by atoms with Crippen molar-refractivity contribution in [1.82, 2.24) is 9.88 Å². The Morgan fingerprint density at radius 1 is 1.10 bits per heavy atom. The molecular formula is C24H25N3O3S. The van der Waals surface area contributed by atoms with Crippen molar-refractivity contribution in [2.45, 2.75) is 32.8 Å². The zero-order chi connectivity index (χ0) is 22.2. The molecule has 0 saturated carbocycles. The number of carbonyl (C=O) groups is 2. The summed E-state index contributed by atoms with van der Waals surface area (Å²) in [4.78, 5) is 32.5. The van der Waals surface area contributed by atoms with Crippen molar-refractivity contribution >= 4 is 29.0 Å². The van der Waals surface area contributed by atoms with Gasteiger partial charge in [0, 0.05) is 40.7 Å². The summed E-state index contributed by atoms with van der Waals surface area (Å²) < 4.78 is 5.31. The molecule has 160 valence electrons. The van der Waals surface area contributed by atoms with Gasteiger partial charge in [0.15, 0.2) is 0 Å². The van der Waals surface area contributed by atoms with Crippen LogP contribution < -0.4 is 5.32 Å². The smallest absolute Gasteiger partial charge is 0.412 e. The standard InChI is InChI=1S/C24H25N3O3S/c1-24(2,3)30-23(29)26-18-12-17(13-25-14-18)21-8-7-20(31-21)16-5-6-19-15(11-16)9-10-27(4)22(19)28/h5-8,11-14H,9-10H2,1-4H3,(H,26,29). The lowest BCUT2D eigenvalue weighted by Gasteiger charge is -2.25. The first-order chi connectivity index (χ1) is 14.7. The van der Waals surface area contributed by atoms with E-state index in [1.54, 1.807) is 28.6 Å². The number of benzene rings is 1. The zero-order valence-electron chi connectivity index (χ0n) is 18.1. The maximum atomic E-state index is 12.3. The van der Waals surface area contributed by atoms with Crippen LogP contribution in [-0.2, 0) is 11.2 Å². The van der Waals surface area contributed by atoms with Crippen molar-refractivity contribution in [3.8, 4) is 20.9 Å². The van der Waals surface area contributed by atoms with Gasteiger partial charge in [0.2, 0.25) is 0 Å². The number of fused-ring (bicyclic) bond motifs is 1. The highest BCUT2D eigenvalue weighted by Gasteiger charge is 2.22. The van der Waals surface area contributed by atoms with Gasteiger partial charge in [-0.25, -0.2) is 4.79 Å². The highest BCUT2D eigenvalue weighted by Crippen LogP contribution is 2.36. The summed E-state index contributed by atoms with van der Waals surface area (Å²) in [5.41, 5.74) is 3.92. The summed E-state index contributed by atoms with van der Waals surface area (Å²) in [6, 6.07) is 12.1. The van der Waals surface area contributed by atoms with Gasteiger partial charge in [-0.15, -0.1) is 11.3 Å². The Bertz CT molecular complexity index is 1150. The third-order valence-electron chi connectivity index (χ3n) is 4.96. The number of ether oxygens (including phenoxy) is 1. The number of anilines is 1. The van der Waals surface area contributed by atoms with Crippen molar-refractivity contribution in [3.05, 3.63) is 59.9 Å². The number of thiophene rings is 1. The molecule has 3 heterocycles. The summed E-state index contributed by atoms with van der Waals surface area (Å²) in [6.45, 7) is 6.21. The van der Waals surface area contributed by atoms with E-state index in [1.165, 1.54) is 0 Å². The lowest BCUT2D eigenvalue weighted by atomic mass is 9.96. The summed E-state index contributed by atoms with van der Waals surface area (Å²) in [7, 11) is 1.84. The van der Waals surface area contributed by atoms with E-state index < -0.39 is 11.7 Å². The molecule has 0 fully saturated rings. The molecule has 1 N–H and O–H groups in total.